The highest BCUT2D eigenvalue weighted by Crippen LogP contribution is 2.33. The Bertz CT molecular complexity index is 1480. The van der Waals surface area contributed by atoms with Gasteiger partial charge < -0.3 is 30.2 Å². The fourth-order valence-electron chi connectivity index (χ4n) is 4.40. The van der Waals surface area contributed by atoms with Crippen molar-refractivity contribution in [3.63, 3.8) is 0 Å². The quantitative estimate of drug-likeness (QED) is 0.101. The average molecular weight is 545 g/mol. The molecule has 1 amide bonds. The molecular weight excluding hydrogens is 510 g/mol. The number of H-pyrrole nitrogens is 1. The van der Waals surface area contributed by atoms with Crippen molar-refractivity contribution in [2.75, 3.05) is 13.7 Å². The second kappa shape index (κ2) is 13.9. The van der Waals surface area contributed by atoms with Crippen molar-refractivity contribution in [1.29, 1.82) is 5.41 Å². The maximum atomic E-state index is 12.7. The first kappa shape index (κ1) is 28.4. The molecule has 0 bridgehead atoms. The molecule has 0 spiro atoms. The number of allylic oxidation sites excluding steroid dienone is 1. The number of Topliss-reactive ketones (excluding diaryl/α,β-unsaturated/α-hetero) is 1. The third-order valence-electron chi connectivity index (χ3n) is 6.41. The van der Waals surface area contributed by atoms with Crippen LogP contribution in [-0.2, 0) is 4.79 Å². The second-order valence-corrected chi connectivity index (χ2v) is 9.35. The SMILES string of the molecule is COc1cc2nc(C)ccc2cc1-c1cnc([C@H](CCCCCC(=O)c2ncco2)NC(=O)C[NH2+]/C=C\C=N)[nH]1. The number of aromatic amines is 1. The normalized spacial score (nSPS) is 12.1. The van der Waals surface area contributed by atoms with Crippen molar-refractivity contribution in [2.45, 2.75) is 45.1 Å². The molecular formula is C29H34N7O4+. The number of fused-ring (bicyclic) bond motifs is 1. The van der Waals surface area contributed by atoms with Crippen LogP contribution in [0.5, 0.6) is 5.75 Å². The summed E-state index contributed by atoms with van der Waals surface area (Å²) in [5.41, 5.74) is 3.39. The second-order valence-electron chi connectivity index (χ2n) is 9.35. The lowest BCUT2D eigenvalue weighted by molar-refractivity contribution is -0.575. The van der Waals surface area contributed by atoms with Crippen LogP contribution in [0.15, 0.2) is 59.6 Å². The van der Waals surface area contributed by atoms with Gasteiger partial charge in [0.2, 0.25) is 5.78 Å². The van der Waals surface area contributed by atoms with Gasteiger partial charge in [-0.05, 0) is 31.9 Å². The lowest BCUT2D eigenvalue weighted by Gasteiger charge is -2.16. The van der Waals surface area contributed by atoms with Crippen molar-refractivity contribution in [2.24, 2.45) is 0 Å². The number of rotatable bonds is 15. The van der Waals surface area contributed by atoms with Gasteiger partial charge in [0.05, 0.1) is 43.0 Å². The number of benzene rings is 1. The first-order chi connectivity index (χ1) is 19.5. The number of nitrogens with zero attached hydrogens (tertiary/aromatic N) is 3. The molecule has 3 aromatic heterocycles. The van der Waals surface area contributed by atoms with Gasteiger partial charge in [-0.3, -0.25) is 14.6 Å². The number of unbranched alkanes of at least 4 members (excludes halogenated alkanes) is 2. The van der Waals surface area contributed by atoms with Gasteiger partial charge in [0.1, 0.15) is 17.8 Å². The van der Waals surface area contributed by atoms with Crippen LogP contribution in [0.2, 0.25) is 0 Å². The predicted octanol–water partition coefficient (Wildman–Crippen LogP) is 3.65. The molecule has 0 aliphatic heterocycles. The largest absolute Gasteiger partial charge is 0.496 e. The van der Waals surface area contributed by atoms with Gasteiger partial charge in [-0.1, -0.05) is 18.9 Å². The minimum absolute atomic E-state index is 0.117. The number of methoxy groups -OCH3 is 1. The highest BCUT2D eigenvalue weighted by Gasteiger charge is 2.20. The van der Waals surface area contributed by atoms with E-state index in [9.17, 15) is 9.59 Å². The summed E-state index contributed by atoms with van der Waals surface area (Å²) in [6, 6.07) is 7.57. The molecule has 0 radical (unpaired) electrons. The van der Waals surface area contributed by atoms with Crippen molar-refractivity contribution in [3.05, 3.63) is 72.6 Å². The minimum atomic E-state index is -0.348. The van der Waals surface area contributed by atoms with E-state index in [2.05, 4.69) is 25.3 Å². The highest BCUT2D eigenvalue weighted by molar-refractivity contribution is 5.91. The number of hydrogen-bond acceptors (Lipinski definition) is 8. The van der Waals surface area contributed by atoms with E-state index in [0.717, 1.165) is 46.9 Å². The van der Waals surface area contributed by atoms with Gasteiger partial charge in [0, 0.05) is 41.4 Å². The van der Waals surface area contributed by atoms with Gasteiger partial charge >= 0.3 is 0 Å². The summed E-state index contributed by atoms with van der Waals surface area (Å²) in [6.07, 6.45) is 12.2. The van der Waals surface area contributed by atoms with Gasteiger partial charge in [0.15, 0.2) is 6.54 Å². The molecule has 40 heavy (non-hydrogen) atoms. The minimum Gasteiger partial charge on any atom is -0.496 e. The van der Waals surface area contributed by atoms with Gasteiger partial charge in [-0.2, -0.15) is 0 Å². The van der Waals surface area contributed by atoms with Crippen molar-refractivity contribution >= 4 is 28.8 Å². The summed E-state index contributed by atoms with van der Waals surface area (Å²) in [4.78, 5) is 41.3. The van der Waals surface area contributed by atoms with E-state index in [-0.39, 0.29) is 30.2 Å². The monoisotopic (exact) mass is 544 g/mol. The van der Waals surface area contributed by atoms with Crippen LogP contribution >= 0.6 is 0 Å². The fourth-order valence-corrected chi connectivity index (χ4v) is 4.40. The van der Waals surface area contributed by atoms with Crippen LogP contribution < -0.4 is 15.4 Å². The summed E-state index contributed by atoms with van der Waals surface area (Å²) in [5, 5.41) is 12.8. The number of pyridine rings is 1. The smallest absolute Gasteiger partial charge is 0.276 e. The van der Waals surface area contributed by atoms with Gasteiger partial charge in [-0.15, -0.1) is 0 Å². The molecule has 0 unspecified atom stereocenters. The van der Waals surface area contributed by atoms with E-state index in [4.69, 9.17) is 14.6 Å². The number of quaternary nitrogens is 1. The van der Waals surface area contributed by atoms with Crippen LogP contribution in [0.25, 0.3) is 22.2 Å². The number of amides is 1. The Kier molecular flexibility index (Phi) is 9.89. The molecule has 1 aromatic carbocycles. The van der Waals surface area contributed by atoms with E-state index < -0.39 is 0 Å². The Morgan fingerprint density at radius 2 is 2.10 bits per heavy atom. The van der Waals surface area contributed by atoms with Crippen LogP contribution in [0, 0.1) is 12.3 Å². The molecule has 0 fully saturated rings. The summed E-state index contributed by atoms with van der Waals surface area (Å²) in [5.74, 6) is 1.18. The lowest BCUT2D eigenvalue weighted by atomic mass is 10.0. The Morgan fingerprint density at radius 3 is 2.88 bits per heavy atom. The number of carbonyl (C=O) groups is 2. The first-order valence-corrected chi connectivity index (χ1v) is 13.2. The first-order valence-electron chi connectivity index (χ1n) is 13.2. The number of nitrogens with one attached hydrogen (secondary N) is 3. The third kappa shape index (κ3) is 7.48. The van der Waals surface area contributed by atoms with Crippen molar-refractivity contribution in [1.82, 2.24) is 25.3 Å². The van der Waals surface area contributed by atoms with Gasteiger partial charge in [-0.25, -0.2) is 9.97 Å². The highest BCUT2D eigenvalue weighted by atomic mass is 16.5. The molecule has 1 atom stereocenters. The molecule has 0 saturated heterocycles. The van der Waals surface area contributed by atoms with Gasteiger partial charge in [0.25, 0.3) is 11.8 Å². The maximum Gasteiger partial charge on any atom is 0.276 e. The molecule has 11 heteroatoms. The molecule has 4 rings (SSSR count). The van der Waals surface area contributed by atoms with Crippen LogP contribution in [0.4, 0.5) is 0 Å². The Balaban J connectivity index is 1.47. The molecule has 0 saturated carbocycles. The van der Waals surface area contributed by atoms with Crippen molar-refractivity contribution < 1.29 is 24.1 Å². The fraction of sp³-hybridized carbons (Fsp3) is 0.310. The molecule has 0 aliphatic carbocycles. The topological polar surface area (TPSA) is 163 Å². The number of oxazole rings is 1. The average Bonchev–Trinajstić information content (AvgIpc) is 3.67. The van der Waals surface area contributed by atoms with E-state index in [1.807, 2.05) is 31.2 Å². The zero-order valence-corrected chi connectivity index (χ0v) is 22.6. The summed E-state index contributed by atoms with van der Waals surface area (Å²) in [6.45, 7) is 2.13. The standard InChI is InChI=1S/C29H33N7O4/c1-19-9-10-20-15-21(26(39-2)16-23(20)34-19)24-17-33-28(36-24)22(35-27(38)18-31-12-6-11-30)7-4-3-5-8-25(37)29-32-13-14-40-29/h6,9-17,22,30-31H,3-5,7-8,18H2,1-2H3,(H,33,36)(H,35,38)/p+1/b12-6-,30-11?/t22-/m0/s1. The van der Waals surface area contributed by atoms with Crippen molar-refractivity contribution in [3.8, 4) is 17.0 Å². The predicted molar refractivity (Wildman–Crippen MR) is 150 cm³/mol. The number of aromatic nitrogens is 4. The zero-order chi connectivity index (χ0) is 28.3. The molecule has 11 nitrogen and oxygen atoms in total. The Labute approximate surface area is 232 Å². The zero-order valence-electron chi connectivity index (χ0n) is 22.6. The molecule has 3 heterocycles. The van der Waals surface area contributed by atoms with E-state index >= 15 is 0 Å². The number of ketones is 1. The number of aryl methyl sites for hydroxylation is 1. The van der Waals surface area contributed by atoms with E-state index in [1.165, 1.54) is 12.5 Å². The summed E-state index contributed by atoms with van der Waals surface area (Å²) >= 11 is 0. The lowest BCUT2D eigenvalue weighted by Crippen LogP contribution is -2.81. The number of nitrogens with two attached hydrogens (primary N) is 1. The Hall–Kier alpha value is -4.64. The summed E-state index contributed by atoms with van der Waals surface area (Å²) < 4.78 is 10.7. The van der Waals surface area contributed by atoms with Crippen LogP contribution in [0.1, 0.15) is 60.3 Å². The number of ether oxygens (including phenoxy) is 1. The maximum absolute atomic E-state index is 12.7. The van der Waals surface area contributed by atoms with E-state index in [0.29, 0.717) is 30.8 Å². The molecule has 4 aromatic rings. The third-order valence-corrected chi connectivity index (χ3v) is 6.41. The molecule has 5 N–H and O–H groups in total. The summed E-state index contributed by atoms with van der Waals surface area (Å²) in [7, 11) is 1.62. The molecule has 0 aliphatic rings. The van der Waals surface area contributed by atoms with E-state index in [1.54, 1.807) is 30.9 Å². The van der Waals surface area contributed by atoms with Crippen LogP contribution in [0.3, 0.4) is 0 Å². The molecule has 208 valence electrons. The van der Waals surface area contributed by atoms with Crippen LogP contribution in [-0.4, -0.2) is 51.5 Å². The number of hydrogen-bond donors (Lipinski definition) is 4. The number of imidazole rings is 1. The Morgan fingerprint density at radius 1 is 1.23 bits per heavy atom. The number of carbonyl (C=O) groups excluding carboxylic acids is 2.